The molecule has 19 heavy (non-hydrogen) atoms. The molecule has 0 fully saturated rings. The molecule has 0 atom stereocenters. The Morgan fingerprint density at radius 2 is 1.89 bits per heavy atom. The Kier molecular flexibility index (Phi) is 3.86. The minimum Gasteiger partial charge on any atom is -0.321 e. The van der Waals surface area contributed by atoms with Gasteiger partial charge in [-0.1, -0.05) is 17.7 Å². The molecule has 2 aromatic carbocycles. The number of amides is 1. The van der Waals surface area contributed by atoms with Crippen LogP contribution in [0.25, 0.3) is 0 Å². The van der Waals surface area contributed by atoms with E-state index in [9.17, 15) is 9.18 Å². The molecule has 0 aliphatic carbocycles. The number of rotatable bonds is 2. The molecule has 0 spiro atoms. The van der Waals surface area contributed by atoms with E-state index in [1.807, 2.05) is 13.0 Å². The first-order chi connectivity index (χ1) is 8.97. The van der Waals surface area contributed by atoms with E-state index in [4.69, 9.17) is 11.6 Å². The van der Waals surface area contributed by atoms with Gasteiger partial charge in [-0.2, -0.15) is 0 Å². The molecule has 0 bridgehead atoms. The molecule has 1 N–H and O–H groups in total. The van der Waals surface area contributed by atoms with E-state index in [2.05, 4.69) is 5.32 Å². The minimum absolute atomic E-state index is 0.310. The van der Waals surface area contributed by atoms with E-state index < -0.39 is 0 Å². The van der Waals surface area contributed by atoms with Gasteiger partial charge in [0.2, 0.25) is 0 Å². The van der Waals surface area contributed by atoms with Crippen LogP contribution in [-0.4, -0.2) is 5.91 Å². The molecule has 0 heterocycles. The molecule has 4 heteroatoms. The van der Waals surface area contributed by atoms with E-state index in [-0.39, 0.29) is 11.7 Å². The number of halogens is 2. The van der Waals surface area contributed by atoms with Gasteiger partial charge in [0.15, 0.2) is 0 Å². The van der Waals surface area contributed by atoms with Crippen LogP contribution in [0, 0.1) is 19.7 Å². The second-order valence-corrected chi connectivity index (χ2v) is 4.81. The molecule has 0 aliphatic rings. The number of benzene rings is 2. The smallest absolute Gasteiger partial charge is 0.255 e. The number of nitrogens with one attached hydrogen (secondary N) is 1. The van der Waals surface area contributed by atoms with E-state index in [0.717, 1.165) is 5.56 Å². The fourth-order valence-electron chi connectivity index (χ4n) is 1.72. The van der Waals surface area contributed by atoms with Gasteiger partial charge in [0, 0.05) is 5.56 Å². The SMILES string of the molecule is Cc1ccc(Cl)c(NC(=O)c2ccc(F)c(C)c2)c1. The molecule has 1 amide bonds. The lowest BCUT2D eigenvalue weighted by Crippen LogP contribution is -2.12. The highest BCUT2D eigenvalue weighted by molar-refractivity contribution is 6.33. The topological polar surface area (TPSA) is 29.1 Å². The molecule has 0 aromatic heterocycles. The van der Waals surface area contributed by atoms with Crippen LogP contribution >= 0.6 is 11.6 Å². The van der Waals surface area contributed by atoms with Gasteiger partial charge in [0.05, 0.1) is 10.7 Å². The maximum absolute atomic E-state index is 13.2. The van der Waals surface area contributed by atoms with Gasteiger partial charge >= 0.3 is 0 Å². The van der Waals surface area contributed by atoms with Crippen LogP contribution in [0.15, 0.2) is 36.4 Å². The molecule has 98 valence electrons. The highest BCUT2D eigenvalue weighted by Gasteiger charge is 2.10. The van der Waals surface area contributed by atoms with Crippen LogP contribution in [0.5, 0.6) is 0 Å². The molecule has 2 nitrogen and oxygen atoms in total. The van der Waals surface area contributed by atoms with Gasteiger partial charge in [0.25, 0.3) is 5.91 Å². The molecule has 2 rings (SSSR count). The summed E-state index contributed by atoms with van der Waals surface area (Å²) >= 11 is 6.01. The molecular formula is C15H13ClFNO. The normalized spacial score (nSPS) is 10.3. The summed E-state index contributed by atoms with van der Waals surface area (Å²) < 4.78 is 13.2. The average molecular weight is 278 g/mol. The first-order valence-corrected chi connectivity index (χ1v) is 6.19. The zero-order valence-electron chi connectivity index (χ0n) is 10.6. The van der Waals surface area contributed by atoms with Gasteiger partial charge < -0.3 is 5.32 Å². The van der Waals surface area contributed by atoms with Gasteiger partial charge in [0.1, 0.15) is 5.82 Å². The maximum Gasteiger partial charge on any atom is 0.255 e. The predicted molar refractivity (Wildman–Crippen MR) is 75.3 cm³/mol. The zero-order valence-corrected chi connectivity index (χ0v) is 11.4. The van der Waals surface area contributed by atoms with Gasteiger partial charge in [-0.3, -0.25) is 4.79 Å². The third-order valence-electron chi connectivity index (χ3n) is 2.79. The highest BCUT2D eigenvalue weighted by atomic mass is 35.5. The van der Waals surface area contributed by atoms with Crippen molar-refractivity contribution in [2.75, 3.05) is 5.32 Å². The number of hydrogen-bond acceptors (Lipinski definition) is 1. The van der Waals surface area contributed by atoms with Crippen LogP contribution in [0.3, 0.4) is 0 Å². The predicted octanol–water partition coefficient (Wildman–Crippen LogP) is 4.35. The number of carbonyl (C=O) groups is 1. The van der Waals surface area contributed by atoms with E-state index in [1.165, 1.54) is 18.2 Å². The van der Waals surface area contributed by atoms with Crippen LogP contribution in [0.1, 0.15) is 21.5 Å². The Hall–Kier alpha value is -1.87. The lowest BCUT2D eigenvalue weighted by molar-refractivity contribution is 0.102. The highest BCUT2D eigenvalue weighted by Crippen LogP contribution is 2.23. The molecule has 0 radical (unpaired) electrons. The summed E-state index contributed by atoms with van der Waals surface area (Å²) in [6.07, 6.45) is 0. The van der Waals surface area contributed by atoms with Crippen molar-refractivity contribution < 1.29 is 9.18 Å². The molecule has 0 saturated carbocycles. The van der Waals surface area contributed by atoms with E-state index in [0.29, 0.717) is 21.8 Å². The summed E-state index contributed by atoms with van der Waals surface area (Å²) in [5.41, 5.74) is 2.38. The summed E-state index contributed by atoms with van der Waals surface area (Å²) in [4.78, 5) is 12.0. The number of aryl methyl sites for hydroxylation is 2. The van der Waals surface area contributed by atoms with Crippen molar-refractivity contribution in [3.05, 3.63) is 63.9 Å². The Morgan fingerprint density at radius 3 is 2.58 bits per heavy atom. The van der Waals surface area contributed by atoms with Gasteiger partial charge in [-0.25, -0.2) is 4.39 Å². The fourth-order valence-corrected chi connectivity index (χ4v) is 1.88. The summed E-state index contributed by atoms with van der Waals surface area (Å²) in [5.74, 6) is -0.638. The third-order valence-corrected chi connectivity index (χ3v) is 3.12. The Morgan fingerprint density at radius 1 is 1.16 bits per heavy atom. The molecule has 0 aliphatic heterocycles. The number of hydrogen-bond donors (Lipinski definition) is 1. The number of anilines is 1. The van der Waals surface area contributed by atoms with Crippen molar-refractivity contribution in [1.29, 1.82) is 0 Å². The van der Waals surface area contributed by atoms with Crippen molar-refractivity contribution in [2.45, 2.75) is 13.8 Å². The largest absolute Gasteiger partial charge is 0.321 e. The monoisotopic (exact) mass is 277 g/mol. The summed E-state index contributed by atoms with van der Waals surface area (Å²) in [7, 11) is 0. The standard InChI is InChI=1S/C15H13ClFNO/c1-9-3-5-12(16)14(7-9)18-15(19)11-4-6-13(17)10(2)8-11/h3-8H,1-2H3,(H,18,19). The van der Waals surface area contributed by atoms with Crippen molar-refractivity contribution in [2.24, 2.45) is 0 Å². The van der Waals surface area contributed by atoms with Gasteiger partial charge in [-0.05, 0) is 55.3 Å². The molecule has 0 saturated heterocycles. The quantitative estimate of drug-likeness (QED) is 0.869. The van der Waals surface area contributed by atoms with Crippen molar-refractivity contribution in [1.82, 2.24) is 0 Å². The lowest BCUT2D eigenvalue weighted by atomic mass is 10.1. The van der Waals surface area contributed by atoms with Crippen molar-refractivity contribution >= 4 is 23.2 Å². The van der Waals surface area contributed by atoms with Crippen LogP contribution in [0.4, 0.5) is 10.1 Å². The summed E-state index contributed by atoms with van der Waals surface area (Å²) in [6.45, 7) is 3.53. The summed E-state index contributed by atoms with van der Waals surface area (Å²) in [5, 5.41) is 3.19. The zero-order chi connectivity index (χ0) is 14.0. The second-order valence-electron chi connectivity index (χ2n) is 4.40. The van der Waals surface area contributed by atoms with Crippen LogP contribution in [0.2, 0.25) is 5.02 Å². The maximum atomic E-state index is 13.2. The van der Waals surface area contributed by atoms with Crippen LogP contribution < -0.4 is 5.32 Å². The molecule has 0 unspecified atom stereocenters. The first kappa shape index (κ1) is 13.6. The Labute approximate surface area is 116 Å². The van der Waals surface area contributed by atoms with E-state index >= 15 is 0 Å². The lowest BCUT2D eigenvalue weighted by Gasteiger charge is -2.09. The second kappa shape index (κ2) is 5.41. The summed E-state index contributed by atoms with van der Waals surface area (Å²) in [6, 6.07) is 9.61. The molecule has 2 aromatic rings. The van der Waals surface area contributed by atoms with Crippen molar-refractivity contribution in [3.8, 4) is 0 Å². The minimum atomic E-state index is -0.329. The number of carbonyl (C=O) groups excluding carboxylic acids is 1. The first-order valence-electron chi connectivity index (χ1n) is 5.81. The van der Waals surface area contributed by atoms with E-state index in [1.54, 1.807) is 19.1 Å². The molecular weight excluding hydrogens is 265 g/mol. The van der Waals surface area contributed by atoms with Gasteiger partial charge in [-0.15, -0.1) is 0 Å². The van der Waals surface area contributed by atoms with Crippen molar-refractivity contribution in [3.63, 3.8) is 0 Å². The fraction of sp³-hybridized carbons (Fsp3) is 0.133. The van der Waals surface area contributed by atoms with Crippen LogP contribution in [-0.2, 0) is 0 Å². The Balaban J connectivity index is 2.25. The third kappa shape index (κ3) is 3.12. The average Bonchev–Trinajstić information content (AvgIpc) is 2.37. The Bertz CT molecular complexity index is 640.